The summed E-state index contributed by atoms with van der Waals surface area (Å²) in [6.07, 6.45) is 3.25. The quantitative estimate of drug-likeness (QED) is 0.108. The van der Waals surface area contributed by atoms with Gasteiger partial charge in [-0.05, 0) is 56.6 Å². The minimum Gasteiger partial charge on any atom is -0.379 e. The monoisotopic (exact) mass is 679 g/mol. The van der Waals surface area contributed by atoms with Gasteiger partial charge < -0.3 is 39.2 Å². The molecule has 3 rings (SSSR count). The molecule has 0 bridgehead atoms. The SMILES string of the molecule is CNCCCOCCOCCOCCCNC(=O)CCOCCOCCCC(=O)CCC(=O)N1Cc2ccccc2C#Cc2ccccc21. The second kappa shape index (κ2) is 25.4. The third kappa shape index (κ3) is 17.0. The Hall–Kier alpha value is -3.63. The number of para-hydroxylation sites is 1. The van der Waals surface area contributed by atoms with Gasteiger partial charge >= 0.3 is 0 Å². The molecule has 2 amide bonds. The van der Waals surface area contributed by atoms with E-state index in [9.17, 15) is 14.4 Å². The highest BCUT2D eigenvalue weighted by molar-refractivity contribution is 5.97. The van der Waals surface area contributed by atoms with Crippen LogP contribution in [-0.4, -0.2) is 104 Å². The number of anilines is 1. The Balaban J connectivity index is 1.13. The summed E-state index contributed by atoms with van der Waals surface area (Å²) < 4.78 is 27.5. The molecule has 0 unspecified atom stereocenters. The molecule has 0 atom stereocenters. The van der Waals surface area contributed by atoms with E-state index in [-0.39, 0.29) is 36.9 Å². The van der Waals surface area contributed by atoms with Gasteiger partial charge in [0.1, 0.15) is 5.78 Å². The lowest BCUT2D eigenvalue weighted by atomic mass is 10.0. The summed E-state index contributed by atoms with van der Waals surface area (Å²) in [5.74, 6) is 6.28. The number of hydrogen-bond donors (Lipinski definition) is 2. The van der Waals surface area contributed by atoms with E-state index in [1.807, 2.05) is 55.6 Å². The zero-order valence-electron chi connectivity index (χ0n) is 29.0. The van der Waals surface area contributed by atoms with E-state index >= 15 is 0 Å². The highest BCUT2D eigenvalue weighted by Gasteiger charge is 2.21. The average Bonchev–Trinajstić information content (AvgIpc) is 3.11. The fourth-order valence-corrected chi connectivity index (χ4v) is 4.96. The van der Waals surface area contributed by atoms with Gasteiger partial charge in [0.05, 0.1) is 58.5 Å². The molecule has 0 spiro atoms. The van der Waals surface area contributed by atoms with E-state index in [4.69, 9.17) is 23.7 Å². The molecule has 1 heterocycles. The summed E-state index contributed by atoms with van der Waals surface area (Å²) in [6.45, 7) is 6.89. The number of Topliss-reactive ketones (excluding diaryl/α,β-unsaturated/α-hetero) is 1. The van der Waals surface area contributed by atoms with Crippen molar-refractivity contribution in [1.82, 2.24) is 10.6 Å². The largest absolute Gasteiger partial charge is 0.379 e. The Bertz CT molecular complexity index is 1330. The molecule has 0 fully saturated rings. The maximum absolute atomic E-state index is 13.3. The van der Waals surface area contributed by atoms with E-state index in [1.165, 1.54) is 0 Å². The number of benzene rings is 2. The summed E-state index contributed by atoms with van der Waals surface area (Å²) in [4.78, 5) is 39.5. The second-order valence-electron chi connectivity index (χ2n) is 11.5. The van der Waals surface area contributed by atoms with Gasteiger partial charge in [-0.3, -0.25) is 14.4 Å². The van der Waals surface area contributed by atoms with Crippen LogP contribution in [-0.2, 0) is 44.6 Å². The van der Waals surface area contributed by atoms with Crippen molar-refractivity contribution in [3.63, 3.8) is 0 Å². The maximum Gasteiger partial charge on any atom is 0.227 e. The van der Waals surface area contributed by atoms with Gasteiger partial charge in [-0.15, -0.1) is 0 Å². The molecule has 0 aromatic heterocycles. The third-order valence-electron chi connectivity index (χ3n) is 7.63. The summed E-state index contributed by atoms with van der Waals surface area (Å²) >= 11 is 0. The zero-order chi connectivity index (χ0) is 34.8. The number of rotatable bonds is 27. The lowest BCUT2D eigenvalue weighted by molar-refractivity contribution is -0.124. The number of ether oxygens (including phenoxy) is 5. The second-order valence-corrected chi connectivity index (χ2v) is 11.5. The van der Waals surface area contributed by atoms with Crippen molar-refractivity contribution in [2.24, 2.45) is 0 Å². The number of nitrogens with one attached hydrogen (secondary N) is 2. The summed E-state index contributed by atoms with van der Waals surface area (Å²) in [5.41, 5.74) is 3.45. The smallest absolute Gasteiger partial charge is 0.227 e. The number of ketones is 1. The van der Waals surface area contributed by atoms with Gasteiger partial charge in [0.2, 0.25) is 11.8 Å². The Labute approximate surface area is 291 Å². The molecule has 2 N–H and O–H groups in total. The Morgan fingerprint density at radius 3 is 1.92 bits per heavy atom. The van der Waals surface area contributed by atoms with Crippen LogP contribution in [0.2, 0.25) is 0 Å². The molecule has 0 aliphatic carbocycles. The van der Waals surface area contributed by atoms with Crippen LogP contribution in [0.15, 0.2) is 48.5 Å². The van der Waals surface area contributed by atoms with E-state index in [0.29, 0.717) is 85.4 Å². The normalized spacial score (nSPS) is 11.9. The van der Waals surface area contributed by atoms with Crippen molar-refractivity contribution in [2.75, 3.05) is 91.1 Å². The van der Waals surface area contributed by atoms with Crippen LogP contribution in [0.5, 0.6) is 0 Å². The van der Waals surface area contributed by atoms with Crippen LogP contribution in [0.25, 0.3) is 0 Å². The number of carbonyl (C=O) groups excluding carboxylic acids is 3. The van der Waals surface area contributed by atoms with E-state index in [2.05, 4.69) is 22.5 Å². The number of carbonyl (C=O) groups is 3. The van der Waals surface area contributed by atoms with Crippen molar-refractivity contribution < 1.29 is 38.1 Å². The molecule has 1 aliphatic rings. The molecule has 11 nitrogen and oxygen atoms in total. The highest BCUT2D eigenvalue weighted by atomic mass is 16.5. The van der Waals surface area contributed by atoms with Gasteiger partial charge in [-0.1, -0.05) is 42.2 Å². The molecule has 1 aliphatic heterocycles. The number of amides is 2. The number of fused-ring (bicyclic) bond motifs is 2. The molecule has 0 radical (unpaired) electrons. The van der Waals surface area contributed by atoms with Crippen LogP contribution >= 0.6 is 0 Å². The first kappa shape index (κ1) is 39.8. The summed E-state index contributed by atoms with van der Waals surface area (Å²) in [6, 6.07) is 15.4. The molecule has 2 aromatic carbocycles. The van der Waals surface area contributed by atoms with Crippen molar-refractivity contribution in [2.45, 2.75) is 51.5 Å². The molecular weight excluding hydrogens is 626 g/mol. The van der Waals surface area contributed by atoms with Crippen LogP contribution in [0.3, 0.4) is 0 Å². The topological polar surface area (TPSA) is 125 Å². The van der Waals surface area contributed by atoms with Gasteiger partial charge in [-0.2, -0.15) is 0 Å². The molecular formula is C38H53N3O8. The van der Waals surface area contributed by atoms with Gasteiger partial charge in [0.25, 0.3) is 0 Å². The Morgan fingerprint density at radius 1 is 0.633 bits per heavy atom. The predicted molar refractivity (Wildman–Crippen MR) is 188 cm³/mol. The molecule has 11 heteroatoms. The molecule has 49 heavy (non-hydrogen) atoms. The minimum atomic E-state index is -0.0965. The first-order valence-electron chi connectivity index (χ1n) is 17.4. The standard InChI is InChI=1S/C38H53N3O8/c1-39-19-7-22-46-26-29-49-30-27-47-23-8-20-40-37(43)18-24-48-28-25-45-21-6-12-35(42)16-17-38(44)41-31-34-11-3-2-9-32(34)14-15-33-10-4-5-13-36(33)41/h2-5,9-11,13,39H,6-8,12,16-31H2,1H3,(H,40,43). The van der Waals surface area contributed by atoms with Crippen LogP contribution in [0.4, 0.5) is 5.69 Å². The first-order chi connectivity index (χ1) is 24.1. The fourth-order valence-electron chi connectivity index (χ4n) is 4.96. The Kier molecular flexibility index (Phi) is 20.6. The van der Waals surface area contributed by atoms with Gasteiger partial charge in [0.15, 0.2) is 0 Å². The predicted octanol–water partition coefficient (Wildman–Crippen LogP) is 3.65. The molecule has 2 aromatic rings. The number of hydrogen-bond acceptors (Lipinski definition) is 9. The maximum atomic E-state index is 13.3. The van der Waals surface area contributed by atoms with E-state index in [0.717, 1.165) is 48.4 Å². The van der Waals surface area contributed by atoms with Crippen molar-refractivity contribution in [3.05, 3.63) is 65.2 Å². The van der Waals surface area contributed by atoms with Crippen molar-refractivity contribution >= 4 is 23.3 Å². The van der Waals surface area contributed by atoms with Crippen LogP contribution in [0.1, 0.15) is 61.6 Å². The lowest BCUT2D eigenvalue weighted by Gasteiger charge is -2.26. The minimum absolute atomic E-state index is 0.0352. The Morgan fingerprint density at radius 2 is 1.20 bits per heavy atom. The van der Waals surface area contributed by atoms with Gasteiger partial charge in [0, 0.05) is 63.2 Å². The van der Waals surface area contributed by atoms with Crippen LogP contribution in [0, 0.1) is 11.8 Å². The third-order valence-corrected chi connectivity index (χ3v) is 7.63. The first-order valence-corrected chi connectivity index (χ1v) is 17.4. The zero-order valence-corrected chi connectivity index (χ0v) is 29.0. The summed E-state index contributed by atoms with van der Waals surface area (Å²) in [7, 11) is 1.92. The molecule has 0 saturated carbocycles. The molecule has 268 valence electrons. The van der Waals surface area contributed by atoms with E-state index in [1.54, 1.807) is 4.90 Å². The van der Waals surface area contributed by atoms with Crippen LogP contribution < -0.4 is 15.5 Å². The van der Waals surface area contributed by atoms with Gasteiger partial charge in [-0.25, -0.2) is 0 Å². The van der Waals surface area contributed by atoms with Crippen molar-refractivity contribution in [3.8, 4) is 11.8 Å². The van der Waals surface area contributed by atoms with E-state index < -0.39 is 0 Å². The molecule has 0 saturated heterocycles. The average molecular weight is 680 g/mol. The fraction of sp³-hybridized carbons (Fsp3) is 0.553. The summed E-state index contributed by atoms with van der Waals surface area (Å²) in [5, 5.41) is 5.93. The number of nitrogens with zero attached hydrogens (tertiary/aromatic N) is 1. The highest BCUT2D eigenvalue weighted by Crippen LogP contribution is 2.26. The lowest BCUT2D eigenvalue weighted by Crippen LogP contribution is -2.32. The van der Waals surface area contributed by atoms with Crippen molar-refractivity contribution in [1.29, 1.82) is 0 Å².